The first kappa shape index (κ1) is 12.2. The third-order valence-electron chi connectivity index (χ3n) is 1.54. The normalized spacial score (nSPS) is 11.1. The van der Waals surface area contributed by atoms with Crippen LogP contribution in [-0.2, 0) is 14.6 Å². The smallest absolute Gasteiger partial charge is 0.239 e. The third kappa shape index (κ3) is 4.44. The Balaban J connectivity index is 2.72. The van der Waals surface area contributed by atoms with Crippen molar-refractivity contribution in [1.82, 2.24) is 0 Å². The molecule has 0 atom stereocenters. The fourth-order valence-electron chi connectivity index (χ4n) is 0.987. The zero-order chi connectivity index (χ0) is 11.5. The Morgan fingerprint density at radius 2 is 2.00 bits per heavy atom. The van der Waals surface area contributed by atoms with Crippen molar-refractivity contribution in [1.29, 1.82) is 0 Å². The molecule has 0 aromatic heterocycles. The summed E-state index contributed by atoms with van der Waals surface area (Å²) in [4.78, 5) is 11.3. The number of anilines is 1. The molecule has 0 aliphatic carbocycles. The number of carbonyl (C=O) groups is 1. The van der Waals surface area contributed by atoms with E-state index in [1.807, 2.05) is 0 Å². The summed E-state index contributed by atoms with van der Waals surface area (Å²) in [5.74, 6) is -1.04. The molecule has 0 aliphatic rings. The zero-order valence-electron chi connectivity index (χ0n) is 8.03. The second-order valence-electron chi connectivity index (χ2n) is 3.10. The topological polar surface area (TPSA) is 63.2 Å². The van der Waals surface area contributed by atoms with E-state index in [1.165, 1.54) is 0 Å². The van der Waals surface area contributed by atoms with Gasteiger partial charge in [0, 0.05) is 10.7 Å². The Morgan fingerprint density at radius 1 is 1.40 bits per heavy atom. The SMILES string of the molecule is CS(=O)(=O)CC(=O)Nc1ccccc1Br. The van der Waals surface area contributed by atoms with Gasteiger partial charge in [-0.25, -0.2) is 8.42 Å². The van der Waals surface area contributed by atoms with Gasteiger partial charge in [-0.15, -0.1) is 0 Å². The van der Waals surface area contributed by atoms with Crippen LogP contribution in [0.2, 0.25) is 0 Å². The van der Waals surface area contributed by atoms with E-state index in [0.717, 1.165) is 6.26 Å². The second kappa shape index (κ2) is 4.76. The van der Waals surface area contributed by atoms with Crippen molar-refractivity contribution in [2.75, 3.05) is 17.3 Å². The number of sulfone groups is 1. The van der Waals surface area contributed by atoms with Crippen LogP contribution in [0.15, 0.2) is 28.7 Å². The molecule has 0 saturated heterocycles. The highest BCUT2D eigenvalue weighted by molar-refractivity contribution is 9.10. The summed E-state index contributed by atoms with van der Waals surface area (Å²) in [7, 11) is -3.28. The predicted octanol–water partition coefficient (Wildman–Crippen LogP) is 1.43. The van der Waals surface area contributed by atoms with E-state index >= 15 is 0 Å². The van der Waals surface area contributed by atoms with Crippen LogP contribution in [0.4, 0.5) is 5.69 Å². The average Bonchev–Trinajstić information content (AvgIpc) is 2.05. The second-order valence-corrected chi connectivity index (χ2v) is 6.09. The number of carbonyl (C=O) groups excluding carboxylic acids is 1. The molecule has 4 nitrogen and oxygen atoms in total. The Labute approximate surface area is 96.7 Å². The molecular formula is C9H10BrNO3S. The van der Waals surface area contributed by atoms with Gasteiger partial charge >= 0.3 is 0 Å². The fourth-order valence-corrected chi connectivity index (χ4v) is 1.92. The van der Waals surface area contributed by atoms with Gasteiger partial charge in [0.15, 0.2) is 9.84 Å². The van der Waals surface area contributed by atoms with Crippen LogP contribution >= 0.6 is 15.9 Å². The summed E-state index contributed by atoms with van der Waals surface area (Å²) in [6, 6.07) is 7.00. The average molecular weight is 292 g/mol. The first-order chi connectivity index (χ1) is 6.88. The van der Waals surface area contributed by atoms with E-state index in [1.54, 1.807) is 24.3 Å². The van der Waals surface area contributed by atoms with Gasteiger partial charge in [0.25, 0.3) is 0 Å². The fraction of sp³-hybridized carbons (Fsp3) is 0.222. The lowest BCUT2D eigenvalue weighted by atomic mass is 10.3. The first-order valence-corrected chi connectivity index (χ1v) is 6.96. The molecule has 1 aromatic rings. The third-order valence-corrected chi connectivity index (χ3v) is 3.02. The van der Waals surface area contributed by atoms with Gasteiger partial charge in [-0.1, -0.05) is 12.1 Å². The number of hydrogen-bond acceptors (Lipinski definition) is 3. The molecular weight excluding hydrogens is 282 g/mol. The van der Waals surface area contributed by atoms with Gasteiger partial charge in [-0.3, -0.25) is 4.79 Å². The minimum Gasteiger partial charge on any atom is -0.324 e. The Hall–Kier alpha value is -0.880. The summed E-state index contributed by atoms with van der Waals surface area (Å²) in [5.41, 5.74) is 0.561. The standard InChI is InChI=1S/C9H10BrNO3S/c1-15(13,14)6-9(12)11-8-5-3-2-4-7(8)10/h2-5H,6H2,1H3,(H,11,12). The highest BCUT2D eigenvalue weighted by Crippen LogP contribution is 2.20. The molecule has 0 aliphatic heterocycles. The number of halogens is 1. The van der Waals surface area contributed by atoms with E-state index in [0.29, 0.717) is 10.2 Å². The largest absolute Gasteiger partial charge is 0.324 e. The Kier molecular flexibility index (Phi) is 3.87. The molecule has 1 aromatic carbocycles. The lowest BCUT2D eigenvalue weighted by Crippen LogP contribution is -2.22. The number of benzene rings is 1. The van der Waals surface area contributed by atoms with Crippen LogP contribution in [0.3, 0.4) is 0 Å². The number of rotatable bonds is 3. The van der Waals surface area contributed by atoms with Gasteiger partial charge in [-0.05, 0) is 28.1 Å². The summed E-state index contributed by atoms with van der Waals surface area (Å²) < 4.78 is 22.4. The van der Waals surface area contributed by atoms with Crippen LogP contribution in [0.25, 0.3) is 0 Å². The quantitative estimate of drug-likeness (QED) is 0.916. The number of para-hydroxylation sites is 1. The van der Waals surface area contributed by atoms with Crippen molar-refractivity contribution in [2.45, 2.75) is 0 Å². The van der Waals surface area contributed by atoms with Gasteiger partial charge in [0.05, 0.1) is 5.69 Å². The van der Waals surface area contributed by atoms with Crippen molar-refractivity contribution in [2.24, 2.45) is 0 Å². The van der Waals surface area contributed by atoms with Gasteiger partial charge < -0.3 is 5.32 Å². The number of nitrogens with one attached hydrogen (secondary N) is 1. The molecule has 6 heteroatoms. The molecule has 1 N–H and O–H groups in total. The maximum atomic E-state index is 11.3. The molecule has 1 rings (SSSR count). The van der Waals surface area contributed by atoms with Crippen LogP contribution in [0.5, 0.6) is 0 Å². The van der Waals surface area contributed by atoms with Gasteiger partial charge in [0.1, 0.15) is 5.75 Å². The van der Waals surface area contributed by atoms with E-state index in [9.17, 15) is 13.2 Å². The monoisotopic (exact) mass is 291 g/mol. The van der Waals surface area contributed by atoms with Crippen LogP contribution in [-0.4, -0.2) is 26.3 Å². The molecule has 0 fully saturated rings. The predicted molar refractivity (Wildman–Crippen MR) is 62.5 cm³/mol. The summed E-state index contributed by atoms with van der Waals surface area (Å²) >= 11 is 3.24. The van der Waals surface area contributed by atoms with Gasteiger partial charge in [-0.2, -0.15) is 0 Å². The maximum Gasteiger partial charge on any atom is 0.239 e. The summed E-state index contributed by atoms with van der Waals surface area (Å²) in [5, 5.41) is 2.50. The minimum atomic E-state index is -3.28. The molecule has 15 heavy (non-hydrogen) atoms. The Morgan fingerprint density at radius 3 is 2.53 bits per heavy atom. The van der Waals surface area contributed by atoms with Crippen molar-refractivity contribution in [3.8, 4) is 0 Å². The first-order valence-electron chi connectivity index (χ1n) is 4.10. The molecule has 1 amide bonds. The molecule has 0 spiro atoms. The molecule has 0 bridgehead atoms. The van der Waals surface area contributed by atoms with Crippen molar-refractivity contribution in [3.05, 3.63) is 28.7 Å². The van der Waals surface area contributed by atoms with Crippen LogP contribution in [0.1, 0.15) is 0 Å². The molecule has 82 valence electrons. The van der Waals surface area contributed by atoms with Crippen molar-refractivity contribution in [3.63, 3.8) is 0 Å². The zero-order valence-corrected chi connectivity index (χ0v) is 10.4. The van der Waals surface area contributed by atoms with Crippen molar-refractivity contribution >= 4 is 37.4 Å². The van der Waals surface area contributed by atoms with E-state index in [-0.39, 0.29) is 0 Å². The van der Waals surface area contributed by atoms with Crippen LogP contribution < -0.4 is 5.32 Å². The lowest BCUT2D eigenvalue weighted by Gasteiger charge is -2.05. The highest BCUT2D eigenvalue weighted by atomic mass is 79.9. The lowest BCUT2D eigenvalue weighted by molar-refractivity contribution is -0.113. The maximum absolute atomic E-state index is 11.3. The number of amides is 1. The van der Waals surface area contributed by atoms with E-state index < -0.39 is 21.5 Å². The summed E-state index contributed by atoms with van der Waals surface area (Å²) in [6.45, 7) is 0. The van der Waals surface area contributed by atoms with Gasteiger partial charge in [0.2, 0.25) is 5.91 Å². The van der Waals surface area contributed by atoms with Crippen molar-refractivity contribution < 1.29 is 13.2 Å². The minimum absolute atomic E-state index is 0.506. The highest BCUT2D eigenvalue weighted by Gasteiger charge is 2.11. The summed E-state index contributed by atoms with van der Waals surface area (Å²) in [6.07, 6.45) is 1.02. The van der Waals surface area contributed by atoms with E-state index in [4.69, 9.17) is 0 Å². The van der Waals surface area contributed by atoms with E-state index in [2.05, 4.69) is 21.2 Å². The molecule has 0 unspecified atom stereocenters. The molecule has 0 radical (unpaired) electrons. The molecule has 0 heterocycles. The van der Waals surface area contributed by atoms with Crippen LogP contribution in [0, 0.1) is 0 Å². The molecule has 0 saturated carbocycles. The Bertz CT molecular complexity index is 470. The number of hydrogen-bond donors (Lipinski definition) is 1.